The first kappa shape index (κ1) is 15.0. The zero-order valence-corrected chi connectivity index (χ0v) is 13.9. The lowest BCUT2D eigenvalue weighted by Crippen LogP contribution is -2.58. The van der Waals surface area contributed by atoms with Crippen LogP contribution in [0.25, 0.3) is 4.96 Å². The van der Waals surface area contributed by atoms with E-state index in [1.165, 1.54) is 38.5 Å². The summed E-state index contributed by atoms with van der Waals surface area (Å²) in [4.78, 5) is 8.15. The Morgan fingerprint density at radius 1 is 1.33 bits per heavy atom. The van der Waals surface area contributed by atoms with Crippen LogP contribution in [0.5, 0.6) is 0 Å². The van der Waals surface area contributed by atoms with Crippen LogP contribution in [0.1, 0.15) is 44.2 Å². The van der Waals surface area contributed by atoms with Crippen molar-refractivity contribution < 1.29 is 0 Å². The number of fused-ring (bicyclic) bond motifs is 1. The van der Waals surface area contributed by atoms with Gasteiger partial charge < -0.3 is 10.6 Å². The van der Waals surface area contributed by atoms with Crippen LogP contribution in [0.3, 0.4) is 0 Å². The fourth-order valence-corrected chi connectivity index (χ4v) is 4.50. The van der Waals surface area contributed by atoms with E-state index in [0.717, 1.165) is 17.1 Å². The molecule has 1 saturated carbocycles. The summed E-state index contributed by atoms with van der Waals surface area (Å²) in [6, 6.07) is 0.148. The van der Waals surface area contributed by atoms with Gasteiger partial charge in [-0.05, 0) is 26.9 Å². The van der Waals surface area contributed by atoms with E-state index in [2.05, 4.69) is 41.2 Å². The van der Waals surface area contributed by atoms with Crippen molar-refractivity contribution in [2.24, 2.45) is 5.73 Å². The van der Waals surface area contributed by atoms with Gasteiger partial charge in [-0.3, -0.25) is 4.40 Å². The Hall–Kier alpha value is -0.910. The van der Waals surface area contributed by atoms with Crippen LogP contribution in [0.2, 0.25) is 0 Å². The third-order valence-electron chi connectivity index (χ3n) is 5.12. The number of hydrogen-bond acceptors (Lipinski definition) is 4. The maximum absolute atomic E-state index is 6.69. The Kier molecular flexibility index (Phi) is 4.33. The van der Waals surface area contributed by atoms with Crippen LogP contribution in [0, 0.1) is 0 Å². The van der Waals surface area contributed by atoms with Crippen LogP contribution in [0.15, 0.2) is 17.8 Å². The lowest BCUT2D eigenvalue weighted by molar-refractivity contribution is 0.0965. The molecule has 0 spiro atoms. The van der Waals surface area contributed by atoms with Gasteiger partial charge in [-0.2, -0.15) is 0 Å². The number of rotatable bonds is 4. The molecule has 0 radical (unpaired) electrons. The molecular formula is C16H26N4S. The minimum Gasteiger partial charge on any atom is -0.326 e. The van der Waals surface area contributed by atoms with Crippen molar-refractivity contribution in [2.45, 2.75) is 56.5 Å². The van der Waals surface area contributed by atoms with E-state index >= 15 is 0 Å². The van der Waals surface area contributed by atoms with E-state index in [-0.39, 0.29) is 11.6 Å². The van der Waals surface area contributed by atoms with Gasteiger partial charge in [0, 0.05) is 35.8 Å². The molecular weight excluding hydrogens is 280 g/mol. The zero-order valence-electron chi connectivity index (χ0n) is 13.1. The Bertz CT molecular complexity index is 549. The van der Waals surface area contributed by atoms with Crippen LogP contribution in [0.4, 0.5) is 0 Å². The highest BCUT2D eigenvalue weighted by molar-refractivity contribution is 7.15. The second-order valence-electron chi connectivity index (χ2n) is 6.55. The summed E-state index contributed by atoms with van der Waals surface area (Å²) < 4.78 is 2.10. The maximum Gasteiger partial charge on any atom is 0.193 e. The Morgan fingerprint density at radius 3 is 2.67 bits per heavy atom. The molecule has 0 bridgehead atoms. The fourth-order valence-electron chi connectivity index (χ4n) is 3.78. The predicted octanol–water partition coefficient (Wildman–Crippen LogP) is 2.92. The van der Waals surface area contributed by atoms with Crippen molar-refractivity contribution in [3.05, 3.63) is 23.5 Å². The summed E-state index contributed by atoms with van der Waals surface area (Å²) in [6.45, 7) is 0. The average molecular weight is 306 g/mol. The summed E-state index contributed by atoms with van der Waals surface area (Å²) in [5.74, 6) is 0. The molecule has 2 aromatic rings. The molecule has 1 fully saturated rings. The molecule has 0 aliphatic heterocycles. The van der Waals surface area contributed by atoms with Gasteiger partial charge in [0.1, 0.15) is 0 Å². The van der Waals surface area contributed by atoms with Gasteiger partial charge in [0.25, 0.3) is 0 Å². The smallest absolute Gasteiger partial charge is 0.193 e. The van der Waals surface area contributed by atoms with Crippen molar-refractivity contribution in [3.63, 3.8) is 0 Å². The standard InChI is InChI=1S/C16H26N4S/c1-19(2)16(7-5-3-4-6-8-16)14(17)11-13-12-20-9-10-21-15(20)18-13/h9-10,12,14H,3-8,11,17H2,1-2H3. The first-order valence-electron chi connectivity index (χ1n) is 7.96. The molecule has 4 nitrogen and oxygen atoms in total. The van der Waals surface area contributed by atoms with Crippen molar-refractivity contribution in [3.8, 4) is 0 Å². The van der Waals surface area contributed by atoms with Gasteiger partial charge in [0.15, 0.2) is 4.96 Å². The summed E-state index contributed by atoms with van der Waals surface area (Å²) >= 11 is 1.68. The fraction of sp³-hybridized carbons (Fsp3) is 0.688. The molecule has 0 saturated heterocycles. The number of imidazole rings is 1. The summed E-state index contributed by atoms with van der Waals surface area (Å²) in [5, 5.41) is 2.07. The largest absolute Gasteiger partial charge is 0.326 e. The first-order chi connectivity index (χ1) is 10.1. The van der Waals surface area contributed by atoms with Crippen LogP contribution >= 0.6 is 11.3 Å². The van der Waals surface area contributed by atoms with Crippen LogP contribution in [-0.4, -0.2) is 40.0 Å². The van der Waals surface area contributed by atoms with Gasteiger partial charge in [-0.25, -0.2) is 4.98 Å². The molecule has 116 valence electrons. The topological polar surface area (TPSA) is 46.6 Å². The molecule has 1 aliphatic rings. The van der Waals surface area contributed by atoms with Gasteiger partial charge >= 0.3 is 0 Å². The van der Waals surface area contributed by atoms with E-state index in [1.54, 1.807) is 11.3 Å². The number of aromatic nitrogens is 2. The van der Waals surface area contributed by atoms with Crippen molar-refractivity contribution in [1.82, 2.24) is 14.3 Å². The molecule has 21 heavy (non-hydrogen) atoms. The molecule has 1 atom stereocenters. The van der Waals surface area contributed by atoms with Crippen LogP contribution < -0.4 is 5.73 Å². The van der Waals surface area contributed by atoms with Crippen molar-refractivity contribution in [1.29, 1.82) is 0 Å². The average Bonchev–Trinajstić information content (AvgIpc) is 2.91. The second-order valence-corrected chi connectivity index (χ2v) is 7.42. The minimum absolute atomic E-state index is 0.132. The van der Waals surface area contributed by atoms with Gasteiger partial charge in [-0.15, -0.1) is 11.3 Å². The molecule has 2 N–H and O–H groups in total. The number of nitrogens with two attached hydrogens (primary N) is 1. The third-order valence-corrected chi connectivity index (χ3v) is 5.89. The quantitative estimate of drug-likeness (QED) is 0.884. The van der Waals surface area contributed by atoms with E-state index in [9.17, 15) is 0 Å². The SMILES string of the molecule is CN(C)C1(C(N)Cc2cn3ccsc3n2)CCCCCC1. The maximum atomic E-state index is 6.69. The molecule has 2 aromatic heterocycles. The number of hydrogen-bond donors (Lipinski definition) is 1. The highest BCUT2D eigenvalue weighted by atomic mass is 32.1. The monoisotopic (exact) mass is 306 g/mol. The van der Waals surface area contributed by atoms with E-state index < -0.39 is 0 Å². The van der Waals surface area contributed by atoms with E-state index in [0.29, 0.717) is 0 Å². The summed E-state index contributed by atoms with van der Waals surface area (Å²) in [6.07, 6.45) is 12.8. The number of nitrogens with zero attached hydrogens (tertiary/aromatic N) is 3. The summed E-state index contributed by atoms with van der Waals surface area (Å²) in [7, 11) is 4.38. The van der Waals surface area contributed by atoms with E-state index in [4.69, 9.17) is 10.7 Å². The lowest BCUT2D eigenvalue weighted by Gasteiger charge is -2.44. The van der Waals surface area contributed by atoms with Crippen molar-refractivity contribution in [2.75, 3.05) is 14.1 Å². The highest BCUT2D eigenvalue weighted by Gasteiger charge is 2.39. The van der Waals surface area contributed by atoms with Gasteiger partial charge in [-0.1, -0.05) is 25.7 Å². The van der Waals surface area contributed by atoms with Crippen molar-refractivity contribution >= 4 is 16.3 Å². The Balaban J connectivity index is 1.80. The van der Waals surface area contributed by atoms with Crippen LogP contribution in [-0.2, 0) is 6.42 Å². The molecule has 1 unspecified atom stereocenters. The number of thiazole rings is 1. The third kappa shape index (κ3) is 2.87. The lowest BCUT2D eigenvalue weighted by atomic mass is 9.80. The molecule has 0 aromatic carbocycles. The number of likely N-dealkylation sites (N-methyl/N-ethyl adjacent to an activating group) is 1. The Morgan fingerprint density at radius 2 is 2.05 bits per heavy atom. The summed E-state index contributed by atoms with van der Waals surface area (Å²) in [5.41, 5.74) is 7.95. The highest BCUT2D eigenvalue weighted by Crippen LogP contribution is 2.34. The molecule has 3 rings (SSSR count). The predicted molar refractivity (Wildman–Crippen MR) is 88.9 cm³/mol. The van der Waals surface area contributed by atoms with E-state index in [1.807, 2.05) is 0 Å². The molecule has 1 aliphatic carbocycles. The molecule has 0 amide bonds. The minimum atomic E-state index is 0.132. The van der Waals surface area contributed by atoms with Gasteiger partial charge in [0.2, 0.25) is 0 Å². The van der Waals surface area contributed by atoms with Gasteiger partial charge in [0.05, 0.1) is 5.69 Å². The molecule has 5 heteroatoms. The molecule has 2 heterocycles. The second kappa shape index (κ2) is 6.07. The zero-order chi connectivity index (χ0) is 14.9. The normalized spacial score (nSPS) is 20.8. The first-order valence-corrected chi connectivity index (χ1v) is 8.84. The Labute approximate surface area is 131 Å².